The maximum absolute atomic E-state index is 12.9. The molecule has 0 unspecified atom stereocenters. The predicted octanol–water partition coefficient (Wildman–Crippen LogP) is 2.34. The number of halogens is 2. The molecule has 138 valence electrons. The molecule has 3 rings (SSSR count). The van der Waals surface area contributed by atoms with Crippen molar-refractivity contribution in [2.45, 2.75) is 31.8 Å². The minimum absolute atomic E-state index is 0.0287. The zero-order valence-corrected chi connectivity index (χ0v) is 14.8. The van der Waals surface area contributed by atoms with Crippen LogP contribution >= 0.6 is 0 Å². The van der Waals surface area contributed by atoms with Crippen LogP contribution < -0.4 is 4.72 Å². The summed E-state index contributed by atoms with van der Waals surface area (Å²) in [6.07, 6.45) is 1.38. The third-order valence-electron chi connectivity index (χ3n) is 3.66. The highest BCUT2D eigenvalue weighted by Crippen LogP contribution is 2.24. The normalized spacial score (nSPS) is 11.9. The first-order valence-electron chi connectivity index (χ1n) is 7.58. The Balaban J connectivity index is 1.83. The van der Waals surface area contributed by atoms with Crippen LogP contribution in [0.25, 0.3) is 0 Å². The van der Waals surface area contributed by atoms with Gasteiger partial charge in [-0.25, -0.2) is 22.5 Å². The Hall–Kier alpha value is -2.82. The third kappa shape index (κ3) is 3.57. The molecular formula is C15H16F2N6O2S. The second-order valence-electron chi connectivity index (χ2n) is 5.58. The molecule has 2 heterocycles. The van der Waals surface area contributed by atoms with E-state index in [1.54, 1.807) is 0 Å². The van der Waals surface area contributed by atoms with E-state index in [4.69, 9.17) is 0 Å². The minimum Gasteiger partial charge on any atom is -0.246 e. The van der Waals surface area contributed by atoms with Crippen LogP contribution in [0.5, 0.6) is 0 Å². The highest BCUT2D eigenvalue weighted by molar-refractivity contribution is 7.92. The average molecular weight is 382 g/mol. The van der Waals surface area contributed by atoms with Crippen LogP contribution in [0.2, 0.25) is 0 Å². The van der Waals surface area contributed by atoms with Gasteiger partial charge >= 0.3 is 6.55 Å². The van der Waals surface area contributed by atoms with E-state index in [0.717, 1.165) is 5.56 Å². The van der Waals surface area contributed by atoms with Crippen molar-refractivity contribution in [1.82, 2.24) is 24.5 Å². The van der Waals surface area contributed by atoms with E-state index in [1.807, 2.05) is 30.3 Å². The third-order valence-corrected chi connectivity index (χ3v) is 5.24. The molecule has 0 aliphatic carbocycles. The van der Waals surface area contributed by atoms with Gasteiger partial charge in [-0.1, -0.05) is 30.3 Å². The summed E-state index contributed by atoms with van der Waals surface area (Å²) in [4.78, 5) is 3.60. The summed E-state index contributed by atoms with van der Waals surface area (Å²) >= 11 is 0. The zero-order chi connectivity index (χ0) is 18.9. The lowest BCUT2D eigenvalue weighted by Gasteiger charge is -2.06. The van der Waals surface area contributed by atoms with Gasteiger partial charge in [-0.15, -0.1) is 5.10 Å². The summed E-state index contributed by atoms with van der Waals surface area (Å²) in [5.41, 5.74) is 0.782. The van der Waals surface area contributed by atoms with Crippen LogP contribution in [-0.2, 0) is 16.6 Å². The summed E-state index contributed by atoms with van der Waals surface area (Å²) in [5.74, 6) is -0.149. The molecule has 0 amide bonds. The molecule has 1 aromatic carbocycles. The number of rotatable bonds is 6. The van der Waals surface area contributed by atoms with Gasteiger partial charge in [0.15, 0.2) is 0 Å². The Morgan fingerprint density at radius 2 is 1.85 bits per heavy atom. The number of nitrogens with zero attached hydrogens (tertiary/aromatic N) is 5. The van der Waals surface area contributed by atoms with Crippen LogP contribution in [-0.4, -0.2) is 33.0 Å². The molecule has 3 aromatic rings. The van der Waals surface area contributed by atoms with E-state index in [9.17, 15) is 17.2 Å². The van der Waals surface area contributed by atoms with Crippen molar-refractivity contribution in [3.05, 3.63) is 53.6 Å². The molecule has 11 heteroatoms. The van der Waals surface area contributed by atoms with E-state index < -0.39 is 16.6 Å². The van der Waals surface area contributed by atoms with Gasteiger partial charge < -0.3 is 0 Å². The second kappa shape index (κ2) is 6.83. The van der Waals surface area contributed by atoms with Gasteiger partial charge in [0, 0.05) is 0 Å². The number of anilines is 1. The standard InChI is InChI=1S/C15H16F2N6O2S/c1-10-13(11(2)23(19-10)14(16)17)26(24,25)21-15-18-9-22(20-15)8-12-6-4-3-5-7-12/h3-7,9,14H,8H2,1-2H3,(H,20,21). The lowest BCUT2D eigenvalue weighted by Crippen LogP contribution is -2.16. The number of nitrogens with one attached hydrogen (secondary N) is 1. The van der Waals surface area contributed by atoms with E-state index in [-0.39, 0.29) is 22.2 Å². The van der Waals surface area contributed by atoms with Crippen molar-refractivity contribution in [3.63, 3.8) is 0 Å². The van der Waals surface area contributed by atoms with Gasteiger partial charge in [-0.2, -0.15) is 18.9 Å². The first kappa shape index (κ1) is 18.0. The zero-order valence-electron chi connectivity index (χ0n) is 14.0. The Kier molecular flexibility index (Phi) is 4.72. The molecule has 1 N–H and O–H groups in total. The number of hydrogen-bond donors (Lipinski definition) is 1. The summed E-state index contributed by atoms with van der Waals surface area (Å²) in [5, 5.41) is 7.64. The Labute approximate surface area is 148 Å². The number of aromatic nitrogens is 5. The molecule has 26 heavy (non-hydrogen) atoms. The van der Waals surface area contributed by atoms with Gasteiger partial charge in [-0.05, 0) is 19.4 Å². The smallest absolute Gasteiger partial charge is 0.246 e. The largest absolute Gasteiger partial charge is 0.333 e. The van der Waals surface area contributed by atoms with Crippen molar-refractivity contribution >= 4 is 16.0 Å². The van der Waals surface area contributed by atoms with Crippen molar-refractivity contribution < 1.29 is 17.2 Å². The Bertz CT molecular complexity index is 1010. The van der Waals surface area contributed by atoms with E-state index in [1.165, 1.54) is 24.9 Å². The molecule has 0 aliphatic rings. The van der Waals surface area contributed by atoms with E-state index in [0.29, 0.717) is 11.2 Å². The number of benzene rings is 1. The van der Waals surface area contributed by atoms with Gasteiger partial charge in [0.2, 0.25) is 0 Å². The molecule has 0 saturated heterocycles. The molecular weight excluding hydrogens is 366 g/mol. The van der Waals surface area contributed by atoms with E-state index in [2.05, 4.69) is 19.9 Å². The maximum atomic E-state index is 12.9. The summed E-state index contributed by atoms with van der Waals surface area (Å²) in [6, 6.07) is 9.44. The van der Waals surface area contributed by atoms with Crippen molar-refractivity contribution in [1.29, 1.82) is 0 Å². The second-order valence-corrected chi connectivity index (χ2v) is 7.20. The molecule has 0 bridgehead atoms. The quantitative estimate of drug-likeness (QED) is 0.706. The first-order valence-corrected chi connectivity index (χ1v) is 9.06. The number of sulfonamides is 1. The minimum atomic E-state index is -4.15. The van der Waals surface area contributed by atoms with Crippen LogP contribution in [0.3, 0.4) is 0 Å². The number of aryl methyl sites for hydroxylation is 1. The molecule has 8 nitrogen and oxygen atoms in total. The van der Waals surface area contributed by atoms with Crippen LogP contribution in [0.15, 0.2) is 41.6 Å². The average Bonchev–Trinajstić information content (AvgIpc) is 3.11. The molecule has 0 fully saturated rings. The van der Waals surface area contributed by atoms with Crippen molar-refractivity contribution in [3.8, 4) is 0 Å². The number of hydrogen-bond acceptors (Lipinski definition) is 5. The van der Waals surface area contributed by atoms with Crippen molar-refractivity contribution in [2.24, 2.45) is 0 Å². The molecule has 0 atom stereocenters. The molecule has 0 radical (unpaired) electrons. The topological polar surface area (TPSA) is 94.7 Å². The summed E-state index contributed by atoms with van der Waals surface area (Å²) in [7, 11) is -4.15. The van der Waals surface area contributed by atoms with Gasteiger partial charge in [0.1, 0.15) is 11.2 Å². The molecule has 2 aromatic heterocycles. The first-order chi connectivity index (χ1) is 12.3. The van der Waals surface area contributed by atoms with Crippen LogP contribution in [0.1, 0.15) is 23.5 Å². The fourth-order valence-electron chi connectivity index (χ4n) is 2.59. The van der Waals surface area contributed by atoms with Gasteiger partial charge in [-0.3, -0.25) is 0 Å². The lowest BCUT2D eigenvalue weighted by atomic mass is 10.2. The monoisotopic (exact) mass is 382 g/mol. The van der Waals surface area contributed by atoms with Crippen LogP contribution in [0.4, 0.5) is 14.7 Å². The molecule has 0 saturated carbocycles. The maximum Gasteiger partial charge on any atom is 0.333 e. The highest BCUT2D eigenvalue weighted by atomic mass is 32.2. The van der Waals surface area contributed by atoms with E-state index >= 15 is 0 Å². The SMILES string of the molecule is Cc1nn(C(F)F)c(C)c1S(=O)(=O)Nc1ncn(Cc2ccccc2)n1. The van der Waals surface area contributed by atoms with Crippen LogP contribution in [0, 0.1) is 13.8 Å². The fourth-order valence-corrected chi connectivity index (χ4v) is 3.93. The predicted molar refractivity (Wildman–Crippen MR) is 89.3 cm³/mol. The molecule has 0 spiro atoms. The molecule has 0 aliphatic heterocycles. The Morgan fingerprint density at radius 1 is 1.15 bits per heavy atom. The Morgan fingerprint density at radius 3 is 2.46 bits per heavy atom. The van der Waals surface area contributed by atoms with Gasteiger partial charge in [0.25, 0.3) is 16.0 Å². The number of alkyl halides is 2. The lowest BCUT2D eigenvalue weighted by molar-refractivity contribution is 0.0538. The summed E-state index contributed by atoms with van der Waals surface area (Å²) < 4.78 is 54.9. The van der Waals surface area contributed by atoms with Gasteiger partial charge in [0.05, 0.1) is 17.9 Å². The van der Waals surface area contributed by atoms with Crippen molar-refractivity contribution in [2.75, 3.05) is 4.72 Å². The fraction of sp³-hybridized carbons (Fsp3) is 0.267. The summed E-state index contributed by atoms with van der Waals surface area (Å²) in [6.45, 7) is 0.0990. The highest BCUT2D eigenvalue weighted by Gasteiger charge is 2.28.